The summed E-state index contributed by atoms with van der Waals surface area (Å²) in [6.07, 6.45) is -2.76. The molecule has 1 aromatic heterocycles. The van der Waals surface area contributed by atoms with Crippen LogP contribution in [0.2, 0.25) is 5.02 Å². The van der Waals surface area contributed by atoms with Crippen molar-refractivity contribution in [2.75, 3.05) is 0 Å². The van der Waals surface area contributed by atoms with Crippen LogP contribution in [0.4, 0.5) is 13.2 Å². The summed E-state index contributed by atoms with van der Waals surface area (Å²) in [7, 11) is 0. The van der Waals surface area contributed by atoms with Gasteiger partial charge in [0.1, 0.15) is 0 Å². The Labute approximate surface area is 112 Å². The quantitative estimate of drug-likeness (QED) is 0.918. The van der Waals surface area contributed by atoms with E-state index < -0.39 is 11.7 Å². The molecular formula is C12H11ClF3N3. The lowest BCUT2D eigenvalue weighted by molar-refractivity contribution is -0.137. The predicted octanol–water partition coefficient (Wildman–Crippen LogP) is 3.56. The SMILES string of the molecule is CC(N)c1ccc(-n2cc(C(F)(F)F)cn2)c(Cl)c1. The first-order chi connectivity index (χ1) is 8.79. The fourth-order valence-electron chi connectivity index (χ4n) is 1.59. The van der Waals surface area contributed by atoms with Gasteiger partial charge in [-0.25, -0.2) is 4.68 Å². The van der Waals surface area contributed by atoms with Crippen LogP contribution in [0.3, 0.4) is 0 Å². The highest BCUT2D eigenvalue weighted by Gasteiger charge is 2.32. The average molecular weight is 290 g/mol. The van der Waals surface area contributed by atoms with Gasteiger partial charge in [0.25, 0.3) is 0 Å². The molecule has 0 aliphatic carbocycles. The van der Waals surface area contributed by atoms with Gasteiger partial charge in [-0.3, -0.25) is 0 Å². The van der Waals surface area contributed by atoms with Crippen molar-refractivity contribution in [2.24, 2.45) is 5.73 Å². The summed E-state index contributed by atoms with van der Waals surface area (Å²) in [6, 6.07) is 4.72. The van der Waals surface area contributed by atoms with Crippen molar-refractivity contribution in [3.8, 4) is 5.69 Å². The molecule has 0 aliphatic rings. The number of benzene rings is 1. The van der Waals surface area contributed by atoms with E-state index in [0.29, 0.717) is 10.7 Å². The minimum Gasteiger partial charge on any atom is -0.324 e. The Kier molecular flexibility index (Phi) is 3.56. The Morgan fingerprint density at radius 2 is 2.05 bits per heavy atom. The molecule has 0 saturated heterocycles. The number of hydrogen-bond donors (Lipinski definition) is 1. The van der Waals surface area contributed by atoms with Crippen LogP contribution in [0.15, 0.2) is 30.6 Å². The molecule has 102 valence electrons. The number of hydrogen-bond acceptors (Lipinski definition) is 2. The van der Waals surface area contributed by atoms with Crippen LogP contribution in [0, 0.1) is 0 Å². The number of nitrogens with two attached hydrogens (primary N) is 1. The lowest BCUT2D eigenvalue weighted by Crippen LogP contribution is -2.06. The van der Waals surface area contributed by atoms with Crippen molar-refractivity contribution < 1.29 is 13.2 Å². The third-order valence-corrected chi connectivity index (χ3v) is 2.96. The third kappa shape index (κ3) is 2.90. The van der Waals surface area contributed by atoms with Crippen LogP contribution in [-0.4, -0.2) is 9.78 Å². The first-order valence-corrected chi connectivity index (χ1v) is 5.84. The number of aromatic nitrogens is 2. The number of halogens is 4. The highest BCUT2D eigenvalue weighted by molar-refractivity contribution is 6.32. The molecular weight excluding hydrogens is 279 g/mol. The van der Waals surface area contributed by atoms with Gasteiger partial charge in [-0.1, -0.05) is 17.7 Å². The molecule has 0 amide bonds. The van der Waals surface area contributed by atoms with Crippen molar-refractivity contribution in [3.05, 3.63) is 46.7 Å². The maximum atomic E-state index is 12.5. The zero-order valence-corrected chi connectivity index (χ0v) is 10.7. The lowest BCUT2D eigenvalue weighted by Gasteiger charge is -2.09. The standard InChI is InChI=1S/C12H11ClF3N3/c1-7(17)8-2-3-11(10(13)4-8)19-6-9(5-18-19)12(14,15)16/h2-7H,17H2,1H3. The van der Waals surface area contributed by atoms with E-state index in [1.807, 2.05) is 0 Å². The maximum absolute atomic E-state index is 12.5. The van der Waals surface area contributed by atoms with Crippen molar-refractivity contribution in [2.45, 2.75) is 19.1 Å². The molecule has 2 N–H and O–H groups in total. The highest BCUT2D eigenvalue weighted by Crippen LogP contribution is 2.30. The van der Waals surface area contributed by atoms with Gasteiger partial charge < -0.3 is 5.73 Å². The Morgan fingerprint density at radius 3 is 2.53 bits per heavy atom. The van der Waals surface area contributed by atoms with E-state index >= 15 is 0 Å². The monoisotopic (exact) mass is 289 g/mol. The molecule has 0 saturated carbocycles. The van der Waals surface area contributed by atoms with Crippen LogP contribution < -0.4 is 5.73 Å². The van der Waals surface area contributed by atoms with Gasteiger partial charge in [0.05, 0.1) is 22.5 Å². The van der Waals surface area contributed by atoms with Crippen molar-refractivity contribution in [1.29, 1.82) is 0 Å². The summed E-state index contributed by atoms with van der Waals surface area (Å²) in [5, 5.41) is 3.97. The summed E-state index contributed by atoms with van der Waals surface area (Å²) in [4.78, 5) is 0. The van der Waals surface area contributed by atoms with E-state index in [4.69, 9.17) is 17.3 Å². The van der Waals surface area contributed by atoms with Crippen LogP contribution >= 0.6 is 11.6 Å². The van der Waals surface area contributed by atoms with Crippen molar-refractivity contribution in [1.82, 2.24) is 9.78 Å². The number of alkyl halides is 3. The van der Waals surface area contributed by atoms with Crippen LogP contribution in [0.5, 0.6) is 0 Å². The molecule has 1 heterocycles. The van der Waals surface area contributed by atoms with Crippen LogP contribution in [-0.2, 0) is 6.18 Å². The second kappa shape index (κ2) is 4.86. The second-order valence-corrected chi connectivity index (χ2v) is 4.58. The van der Waals surface area contributed by atoms with Gasteiger partial charge in [-0.2, -0.15) is 18.3 Å². The largest absolute Gasteiger partial charge is 0.419 e. The first kappa shape index (κ1) is 13.9. The third-order valence-electron chi connectivity index (χ3n) is 2.65. The Bertz CT molecular complexity index is 590. The lowest BCUT2D eigenvalue weighted by atomic mass is 10.1. The van der Waals surface area contributed by atoms with E-state index in [-0.39, 0.29) is 6.04 Å². The average Bonchev–Trinajstić information content (AvgIpc) is 2.77. The molecule has 0 spiro atoms. The topological polar surface area (TPSA) is 43.8 Å². The minimum atomic E-state index is -4.42. The summed E-state index contributed by atoms with van der Waals surface area (Å²) < 4.78 is 38.5. The minimum absolute atomic E-state index is 0.199. The molecule has 1 aromatic carbocycles. The zero-order chi connectivity index (χ0) is 14.2. The number of nitrogens with zero attached hydrogens (tertiary/aromatic N) is 2. The van der Waals surface area contributed by atoms with Crippen LogP contribution in [0.25, 0.3) is 5.69 Å². The Balaban J connectivity index is 2.40. The smallest absolute Gasteiger partial charge is 0.324 e. The predicted molar refractivity (Wildman–Crippen MR) is 66.2 cm³/mol. The summed E-state index contributed by atoms with van der Waals surface area (Å²) in [6.45, 7) is 1.79. The maximum Gasteiger partial charge on any atom is 0.419 e. The molecule has 2 aromatic rings. The van der Waals surface area contributed by atoms with Gasteiger partial charge in [0.15, 0.2) is 0 Å². The van der Waals surface area contributed by atoms with Crippen molar-refractivity contribution in [3.63, 3.8) is 0 Å². The highest BCUT2D eigenvalue weighted by atomic mass is 35.5. The fourth-order valence-corrected chi connectivity index (χ4v) is 1.87. The first-order valence-electron chi connectivity index (χ1n) is 5.46. The van der Waals surface area contributed by atoms with E-state index in [9.17, 15) is 13.2 Å². The van der Waals surface area contributed by atoms with Crippen LogP contribution in [0.1, 0.15) is 24.1 Å². The molecule has 1 unspecified atom stereocenters. The van der Waals surface area contributed by atoms with Gasteiger partial charge in [0.2, 0.25) is 0 Å². The van der Waals surface area contributed by atoms with Gasteiger partial charge in [-0.05, 0) is 24.6 Å². The molecule has 0 aliphatic heterocycles. The summed E-state index contributed by atoms with van der Waals surface area (Å²) in [5.41, 5.74) is 6.06. The van der Waals surface area contributed by atoms with E-state index in [0.717, 1.165) is 22.6 Å². The zero-order valence-electron chi connectivity index (χ0n) is 9.95. The Morgan fingerprint density at radius 1 is 1.37 bits per heavy atom. The van der Waals surface area contributed by atoms with Crippen molar-refractivity contribution >= 4 is 11.6 Å². The molecule has 0 bridgehead atoms. The summed E-state index contributed by atoms with van der Waals surface area (Å²) >= 11 is 6.03. The molecule has 19 heavy (non-hydrogen) atoms. The van der Waals surface area contributed by atoms with Gasteiger partial charge in [-0.15, -0.1) is 0 Å². The molecule has 0 fully saturated rings. The molecule has 3 nitrogen and oxygen atoms in total. The van der Waals surface area contributed by atoms with E-state index in [1.54, 1.807) is 25.1 Å². The van der Waals surface area contributed by atoms with Gasteiger partial charge in [0, 0.05) is 12.2 Å². The summed E-state index contributed by atoms with van der Waals surface area (Å²) in [5.74, 6) is 0. The number of rotatable bonds is 2. The van der Waals surface area contributed by atoms with E-state index in [2.05, 4.69) is 5.10 Å². The second-order valence-electron chi connectivity index (χ2n) is 4.17. The van der Waals surface area contributed by atoms with E-state index in [1.165, 1.54) is 0 Å². The van der Waals surface area contributed by atoms with Gasteiger partial charge >= 0.3 is 6.18 Å². The normalized spacial score (nSPS) is 13.6. The molecule has 1 atom stereocenters. The molecule has 0 radical (unpaired) electrons. The Hall–Kier alpha value is -1.53. The molecule has 7 heteroatoms. The fraction of sp³-hybridized carbons (Fsp3) is 0.250. The molecule has 2 rings (SSSR count).